The first-order chi connectivity index (χ1) is 13.2. The van der Waals surface area contributed by atoms with Crippen LogP contribution in [-0.4, -0.2) is 63.1 Å². The van der Waals surface area contributed by atoms with Crippen molar-refractivity contribution in [1.29, 1.82) is 0 Å². The number of aromatic hydroxyl groups is 2. The van der Waals surface area contributed by atoms with Gasteiger partial charge in [-0.1, -0.05) is 24.3 Å². The summed E-state index contributed by atoms with van der Waals surface area (Å²) in [6.07, 6.45) is -0.358. The maximum Gasteiger partial charge on any atom is 0.494 e. The molecule has 7 nitrogen and oxygen atoms in total. The highest BCUT2D eigenvalue weighted by Gasteiger charge is 2.35. The van der Waals surface area contributed by atoms with Crippen molar-refractivity contribution < 1.29 is 33.6 Å². The van der Waals surface area contributed by atoms with Crippen LogP contribution in [0.25, 0.3) is 0 Å². The summed E-state index contributed by atoms with van der Waals surface area (Å²) in [5, 5.41) is 19.1. The van der Waals surface area contributed by atoms with Gasteiger partial charge in [0.1, 0.15) is 11.5 Å². The molecule has 2 N–H and O–H groups in total. The van der Waals surface area contributed by atoms with Crippen LogP contribution in [0.2, 0.25) is 0 Å². The lowest BCUT2D eigenvalue weighted by atomic mass is 9.79. The fourth-order valence-electron chi connectivity index (χ4n) is 3.09. The van der Waals surface area contributed by atoms with Gasteiger partial charge in [-0.05, 0) is 35.2 Å². The number of hydrogen-bond donors (Lipinski definition) is 2. The van der Waals surface area contributed by atoms with E-state index in [1.54, 1.807) is 36.4 Å². The molecule has 0 aliphatic carbocycles. The van der Waals surface area contributed by atoms with Crippen molar-refractivity contribution in [3.63, 3.8) is 0 Å². The van der Waals surface area contributed by atoms with Crippen LogP contribution in [0.1, 0.15) is 0 Å². The van der Waals surface area contributed by atoms with Gasteiger partial charge in [-0.2, -0.15) is 0 Å². The average Bonchev–Trinajstić information content (AvgIpc) is 3.32. The Morgan fingerprint density at radius 1 is 0.815 bits per heavy atom. The first kappa shape index (κ1) is 18.3. The molecule has 2 unspecified atom stereocenters. The van der Waals surface area contributed by atoms with Gasteiger partial charge in [0.2, 0.25) is 0 Å². The first-order valence-electron chi connectivity index (χ1n) is 8.87. The molecule has 2 aliphatic rings. The predicted molar refractivity (Wildman–Crippen MR) is 99.5 cm³/mol. The van der Waals surface area contributed by atoms with E-state index in [2.05, 4.69) is 0 Å². The van der Waals surface area contributed by atoms with Crippen LogP contribution >= 0.6 is 0 Å². The maximum absolute atomic E-state index is 9.55. The smallest absolute Gasteiger partial charge is 0.494 e. The van der Waals surface area contributed by atoms with Crippen molar-refractivity contribution in [3.05, 3.63) is 48.5 Å². The molecule has 2 aromatic rings. The second-order valence-corrected chi connectivity index (χ2v) is 6.57. The van der Waals surface area contributed by atoms with E-state index in [1.807, 2.05) is 12.1 Å². The quantitative estimate of drug-likeness (QED) is 0.695. The van der Waals surface area contributed by atoms with Crippen molar-refractivity contribution in [2.75, 3.05) is 26.4 Å². The summed E-state index contributed by atoms with van der Waals surface area (Å²) in [5.41, 5.74) is 1.55. The van der Waals surface area contributed by atoms with Gasteiger partial charge < -0.3 is 33.6 Å². The van der Waals surface area contributed by atoms with Crippen molar-refractivity contribution in [2.45, 2.75) is 12.2 Å². The number of phenolic OH excluding ortho intramolecular Hbond substituents is 2. The molecule has 0 radical (unpaired) electrons. The molecule has 2 heterocycles. The summed E-state index contributed by atoms with van der Waals surface area (Å²) in [5.74, 6) is 0.359. The minimum absolute atomic E-state index is 0.179. The summed E-state index contributed by atoms with van der Waals surface area (Å²) < 4.78 is 28.6. The summed E-state index contributed by atoms with van der Waals surface area (Å²) in [7, 11) is -0.987. The standard InChI is InChI=1S/C18H20B2O7/c21-15-5-1-3-13(7-15)19-24-11-17(26-19)9-23-10-18-12-25-20(27-18)14-4-2-6-16(22)8-14/h1-8,17-18,21-22H,9-12H2. The first-order valence-corrected chi connectivity index (χ1v) is 8.87. The fourth-order valence-corrected chi connectivity index (χ4v) is 3.09. The zero-order valence-electron chi connectivity index (χ0n) is 14.7. The summed E-state index contributed by atoms with van der Waals surface area (Å²) in [6, 6.07) is 13.7. The molecule has 0 spiro atoms. The maximum atomic E-state index is 9.55. The Labute approximate surface area is 158 Å². The van der Waals surface area contributed by atoms with E-state index in [9.17, 15) is 10.2 Å². The Balaban J connectivity index is 1.20. The molecule has 9 heteroatoms. The van der Waals surface area contributed by atoms with E-state index in [0.29, 0.717) is 26.4 Å². The largest absolute Gasteiger partial charge is 0.508 e. The predicted octanol–water partition coefficient (Wildman–Crippen LogP) is 0.0358. The Hall–Kier alpha value is -2.03. The molecule has 0 amide bonds. The third-order valence-electron chi connectivity index (χ3n) is 4.39. The summed E-state index contributed by atoms with van der Waals surface area (Å²) in [4.78, 5) is 0. The van der Waals surface area contributed by atoms with Crippen molar-refractivity contribution in [2.24, 2.45) is 0 Å². The lowest BCUT2D eigenvalue weighted by Gasteiger charge is -2.14. The summed E-state index contributed by atoms with van der Waals surface area (Å²) in [6.45, 7) is 1.61. The Bertz CT molecular complexity index is 711. The molecule has 27 heavy (non-hydrogen) atoms. The van der Waals surface area contributed by atoms with Gasteiger partial charge in [-0.3, -0.25) is 0 Å². The van der Waals surface area contributed by atoms with Crippen LogP contribution < -0.4 is 10.9 Å². The van der Waals surface area contributed by atoms with E-state index in [0.717, 1.165) is 10.9 Å². The van der Waals surface area contributed by atoms with Crippen LogP contribution in [0.5, 0.6) is 11.5 Å². The highest BCUT2D eigenvalue weighted by Crippen LogP contribution is 2.14. The van der Waals surface area contributed by atoms with Gasteiger partial charge in [0.15, 0.2) is 0 Å². The monoisotopic (exact) mass is 370 g/mol. The normalized spacial score (nSPS) is 22.5. The molecule has 140 valence electrons. The Morgan fingerprint density at radius 3 is 1.74 bits per heavy atom. The highest BCUT2D eigenvalue weighted by molar-refractivity contribution is 6.62. The van der Waals surface area contributed by atoms with E-state index in [4.69, 9.17) is 23.4 Å². The topological polar surface area (TPSA) is 86.6 Å². The van der Waals surface area contributed by atoms with Crippen LogP contribution in [0.3, 0.4) is 0 Å². The van der Waals surface area contributed by atoms with Crippen molar-refractivity contribution in [1.82, 2.24) is 0 Å². The minimum Gasteiger partial charge on any atom is -0.508 e. The highest BCUT2D eigenvalue weighted by atomic mass is 16.7. The van der Waals surface area contributed by atoms with Gasteiger partial charge in [-0.25, -0.2) is 0 Å². The second-order valence-electron chi connectivity index (χ2n) is 6.57. The third kappa shape index (κ3) is 4.63. The van der Waals surface area contributed by atoms with Gasteiger partial charge in [0.05, 0.1) is 38.6 Å². The zero-order valence-corrected chi connectivity index (χ0v) is 14.7. The molecule has 0 bridgehead atoms. The number of phenols is 2. The van der Waals surface area contributed by atoms with Crippen LogP contribution in [0.15, 0.2) is 48.5 Å². The number of rotatable bonds is 6. The molecule has 0 saturated carbocycles. The molecule has 2 atom stereocenters. The molecule has 4 rings (SSSR count). The Morgan fingerprint density at radius 2 is 1.30 bits per heavy atom. The van der Waals surface area contributed by atoms with E-state index >= 15 is 0 Å². The third-order valence-corrected chi connectivity index (χ3v) is 4.39. The number of hydrogen-bond acceptors (Lipinski definition) is 7. The molecule has 2 aliphatic heterocycles. The van der Waals surface area contributed by atoms with Crippen LogP contribution in [0.4, 0.5) is 0 Å². The lowest BCUT2D eigenvalue weighted by Crippen LogP contribution is -2.34. The number of ether oxygens (including phenoxy) is 1. The summed E-state index contributed by atoms with van der Waals surface area (Å²) >= 11 is 0. The molecular formula is C18H20B2O7. The van der Waals surface area contributed by atoms with Gasteiger partial charge in [0.25, 0.3) is 0 Å². The molecule has 2 aromatic carbocycles. The SMILES string of the molecule is Oc1cccc(B2OCC(COCC3COB(c4cccc(O)c4)O3)O2)c1. The van der Waals surface area contributed by atoms with Gasteiger partial charge in [0, 0.05) is 0 Å². The zero-order chi connectivity index (χ0) is 18.6. The van der Waals surface area contributed by atoms with Gasteiger partial charge >= 0.3 is 14.2 Å². The second kappa shape index (κ2) is 8.33. The van der Waals surface area contributed by atoms with Crippen molar-refractivity contribution in [3.8, 4) is 11.5 Å². The van der Waals surface area contributed by atoms with Crippen molar-refractivity contribution >= 4 is 25.2 Å². The number of benzene rings is 2. The van der Waals surface area contributed by atoms with Gasteiger partial charge in [-0.15, -0.1) is 0 Å². The minimum atomic E-state index is -0.494. The van der Waals surface area contributed by atoms with E-state index in [-0.39, 0.29) is 23.7 Å². The molecule has 0 aromatic heterocycles. The lowest BCUT2D eigenvalue weighted by molar-refractivity contribution is 0.0190. The molecule has 2 fully saturated rings. The van der Waals surface area contributed by atoms with Crippen LogP contribution in [-0.2, 0) is 23.4 Å². The Kier molecular flexibility index (Phi) is 5.66. The fraction of sp³-hybridized carbons (Fsp3) is 0.333. The van der Waals surface area contributed by atoms with E-state index < -0.39 is 14.2 Å². The average molecular weight is 370 g/mol. The molecule has 2 saturated heterocycles. The van der Waals surface area contributed by atoms with Crippen LogP contribution in [0, 0.1) is 0 Å². The van der Waals surface area contributed by atoms with E-state index in [1.165, 1.54) is 0 Å². The molecular weight excluding hydrogens is 350 g/mol.